The summed E-state index contributed by atoms with van der Waals surface area (Å²) < 4.78 is 0. The minimum atomic E-state index is -0.148. The van der Waals surface area contributed by atoms with E-state index in [1.807, 2.05) is 18.2 Å². The molecule has 1 rings (SSSR count). The predicted octanol–water partition coefficient (Wildman–Crippen LogP) is 2.33. The molecule has 2 N–H and O–H groups in total. The van der Waals surface area contributed by atoms with Gasteiger partial charge in [-0.25, -0.2) is 0 Å². The van der Waals surface area contributed by atoms with E-state index in [1.165, 1.54) is 5.56 Å². The van der Waals surface area contributed by atoms with Gasteiger partial charge in [0.05, 0.1) is 6.61 Å². The number of hydrogen-bond donors (Lipinski definition) is 2. The van der Waals surface area contributed by atoms with Crippen LogP contribution in [0.1, 0.15) is 32.3 Å². The molecule has 0 radical (unpaired) electrons. The number of aliphatic hydroxyl groups is 1. The Morgan fingerprint density at radius 2 is 1.93 bits per heavy atom. The second kappa shape index (κ2) is 5.89. The molecule has 1 aromatic rings. The van der Waals surface area contributed by atoms with Crippen LogP contribution >= 0.6 is 0 Å². The van der Waals surface area contributed by atoms with Crippen molar-refractivity contribution in [2.24, 2.45) is 0 Å². The van der Waals surface area contributed by atoms with E-state index in [2.05, 4.69) is 31.3 Å². The predicted molar refractivity (Wildman–Crippen MR) is 63.7 cm³/mol. The Hall–Kier alpha value is -0.860. The van der Waals surface area contributed by atoms with E-state index >= 15 is 0 Å². The summed E-state index contributed by atoms with van der Waals surface area (Å²) in [6.07, 6.45) is 2.08. The highest BCUT2D eigenvalue weighted by molar-refractivity contribution is 5.14. The van der Waals surface area contributed by atoms with E-state index in [-0.39, 0.29) is 12.1 Å². The third kappa shape index (κ3) is 4.02. The minimum absolute atomic E-state index is 0.148. The minimum Gasteiger partial charge on any atom is -0.394 e. The first-order valence-corrected chi connectivity index (χ1v) is 5.60. The van der Waals surface area contributed by atoms with Crippen molar-refractivity contribution in [2.45, 2.75) is 38.8 Å². The van der Waals surface area contributed by atoms with Crippen LogP contribution in [-0.4, -0.2) is 17.3 Å². The summed E-state index contributed by atoms with van der Waals surface area (Å²) in [4.78, 5) is 0. The molecule has 0 saturated heterocycles. The van der Waals surface area contributed by atoms with Crippen molar-refractivity contribution >= 4 is 0 Å². The van der Waals surface area contributed by atoms with E-state index in [9.17, 15) is 5.11 Å². The molecule has 1 atom stereocenters. The van der Waals surface area contributed by atoms with Crippen LogP contribution in [0.5, 0.6) is 0 Å². The molecule has 0 bridgehead atoms. The lowest BCUT2D eigenvalue weighted by Crippen LogP contribution is -2.45. The molecule has 1 unspecified atom stereocenters. The first-order chi connectivity index (χ1) is 7.20. The van der Waals surface area contributed by atoms with Crippen LogP contribution < -0.4 is 5.32 Å². The van der Waals surface area contributed by atoms with Gasteiger partial charge < -0.3 is 10.4 Å². The van der Waals surface area contributed by atoms with Gasteiger partial charge in [0.15, 0.2) is 0 Å². The molecule has 2 heteroatoms. The Morgan fingerprint density at radius 1 is 1.27 bits per heavy atom. The fourth-order valence-electron chi connectivity index (χ4n) is 1.69. The summed E-state index contributed by atoms with van der Waals surface area (Å²) in [5, 5.41) is 12.7. The van der Waals surface area contributed by atoms with Crippen molar-refractivity contribution in [3.8, 4) is 0 Å². The molecule has 0 saturated carbocycles. The lowest BCUT2D eigenvalue weighted by molar-refractivity contribution is 0.163. The highest BCUT2D eigenvalue weighted by atomic mass is 16.3. The normalized spacial score (nSPS) is 14.9. The quantitative estimate of drug-likeness (QED) is 0.750. The Kier molecular flexibility index (Phi) is 4.79. The molecule has 84 valence electrons. The third-order valence-electron chi connectivity index (χ3n) is 2.71. The number of nitrogens with one attached hydrogen (secondary N) is 1. The van der Waals surface area contributed by atoms with Gasteiger partial charge in [0.2, 0.25) is 0 Å². The van der Waals surface area contributed by atoms with Gasteiger partial charge >= 0.3 is 0 Å². The van der Waals surface area contributed by atoms with Gasteiger partial charge in [-0.15, -0.1) is 0 Å². The summed E-state index contributed by atoms with van der Waals surface area (Å²) >= 11 is 0. The van der Waals surface area contributed by atoms with Crippen LogP contribution in [0.4, 0.5) is 0 Å². The molecule has 0 aliphatic rings. The Balaban J connectivity index is 2.47. The molecule has 1 aromatic carbocycles. The van der Waals surface area contributed by atoms with Gasteiger partial charge in [0.1, 0.15) is 0 Å². The summed E-state index contributed by atoms with van der Waals surface area (Å²) in [6.45, 7) is 5.21. The Morgan fingerprint density at radius 3 is 2.47 bits per heavy atom. The average Bonchev–Trinajstić information content (AvgIpc) is 2.28. The lowest BCUT2D eigenvalue weighted by Gasteiger charge is -2.28. The number of benzene rings is 1. The number of aliphatic hydroxyl groups excluding tert-OH is 1. The first-order valence-electron chi connectivity index (χ1n) is 5.60. The maximum Gasteiger partial charge on any atom is 0.0610 e. The van der Waals surface area contributed by atoms with Crippen LogP contribution in [0.25, 0.3) is 0 Å². The van der Waals surface area contributed by atoms with Crippen molar-refractivity contribution < 1.29 is 5.11 Å². The summed E-state index contributed by atoms with van der Waals surface area (Å²) in [6, 6.07) is 10.3. The van der Waals surface area contributed by atoms with Gasteiger partial charge in [-0.1, -0.05) is 43.7 Å². The van der Waals surface area contributed by atoms with Gasteiger partial charge in [-0.2, -0.15) is 0 Å². The fourth-order valence-corrected chi connectivity index (χ4v) is 1.69. The molecule has 0 spiro atoms. The van der Waals surface area contributed by atoms with Crippen molar-refractivity contribution in [1.29, 1.82) is 0 Å². The molecule has 0 fully saturated rings. The van der Waals surface area contributed by atoms with E-state index in [4.69, 9.17) is 0 Å². The standard InChI is InChI=1S/C13H21NO/c1-3-9-13(2,11-15)14-10-12-7-5-4-6-8-12/h4-8,14-15H,3,9-11H2,1-2H3. The van der Waals surface area contributed by atoms with Gasteiger partial charge in [0.25, 0.3) is 0 Å². The van der Waals surface area contributed by atoms with Crippen LogP contribution in [0.2, 0.25) is 0 Å². The molecular formula is C13H21NO. The van der Waals surface area contributed by atoms with E-state index in [0.29, 0.717) is 0 Å². The van der Waals surface area contributed by atoms with Crippen LogP contribution in [-0.2, 0) is 6.54 Å². The van der Waals surface area contributed by atoms with Crippen LogP contribution in [0.15, 0.2) is 30.3 Å². The summed E-state index contributed by atoms with van der Waals surface area (Å²) in [5.41, 5.74) is 1.11. The second-order valence-electron chi connectivity index (χ2n) is 4.31. The van der Waals surface area contributed by atoms with E-state index < -0.39 is 0 Å². The number of hydrogen-bond acceptors (Lipinski definition) is 2. The molecule has 0 amide bonds. The average molecular weight is 207 g/mol. The van der Waals surface area contributed by atoms with Crippen molar-refractivity contribution in [2.75, 3.05) is 6.61 Å². The molecule has 0 aliphatic heterocycles. The zero-order valence-corrected chi connectivity index (χ0v) is 9.66. The summed E-state index contributed by atoms with van der Waals surface area (Å²) in [7, 11) is 0. The smallest absolute Gasteiger partial charge is 0.0610 e. The first kappa shape index (κ1) is 12.2. The Bertz CT molecular complexity index is 273. The van der Waals surface area contributed by atoms with Gasteiger partial charge in [-0.3, -0.25) is 0 Å². The molecule has 2 nitrogen and oxygen atoms in total. The van der Waals surface area contributed by atoms with Gasteiger partial charge in [-0.05, 0) is 18.9 Å². The molecule has 15 heavy (non-hydrogen) atoms. The third-order valence-corrected chi connectivity index (χ3v) is 2.71. The number of rotatable bonds is 6. The molecule has 0 aliphatic carbocycles. The fraction of sp³-hybridized carbons (Fsp3) is 0.538. The summed E-state index contributed by atoms with van der Waals surface area (Å²) in [5.74, 6) is 0. The van der Waals surface area contributed by atoms with Crippen molar-refractivity contribution in [3.63, 3.8) is 0 Å². The van der Waals surface area contributed by atoms with Gasteiger partial charge in [0, 0.05) is 12.1 Å². The van der Waals surface area contributed by atoms with Crippen molar-refractivity contribution in [3.05, 3.63) is 35.9 Å². The lowest BCUT2D eigenvalue weighted by atomic mass is 9.97. The molecule has 0 heterocycles. The Labute approximate surface area is 92.3 Å². The second-order valence-corrected chi connectivity index (χ2v) is 4.31. The van der Waals surface area contributed by atoms with Crippen LogP contribution in [0.3, 0.4) is 0 Å². The maximum atomic E-state index is 9.33. The molecule has 0 aromatic heterocycles. The van der Waals surface area contributed by atoms with Crippen molar-refractivity contribution in [1.82, 2.24) is 5.32 Å². The topological polar surface area (TPSA) is 32.3 Å². The zero-order chi connectivity index (χ0) is 11.1. The highest BCUT2D eigenvalue weighted by Gasteiger charge is 2.20. The van der Waals surface area contributed by atoms with E-state index in [1.54, 1.807) is 0 Å². The zero-order valence-electron chi connectivity index (χ0n) is 9.66. The SMILES string of the molecule is CCCC(C)(CO)NCc1ccccc1. The largest absolute Gasteiger partial charge is 0.394 e. The van der Waals surface area contributed by atoms with Crippen LogP contribution in [0, 0.1) is 0 Å². The molecular weight excluding hydrogens is 186 g/mol. The van der Waals surface area contributed by atoms with E-state index in [0.717, 1.165) is 19.4 Å². The highest BCUT2D eigenvalue weighted by Crippen LogP contribution is 2.12. The monoisotopic (exact) mass is 207 g/mol. The maximum absolute atomic E-state index is 9.33.